The average Bonchev–Trinajstić information content (AvgIpc) is 2.26. The molecule has 2 rings (SSSR count). The quantitative estimate of drug-likeness (QED) is 0.775. The van der Waals surface area contributed by atoms with Crippen LogP contribution in [0.3, 0.4) is 0 Å². The van der Waals surface area contributed by atoms with Crippen LogP contribution in [-0.2, 0) is 9.05 Å². The van der Waals surface area contributed by atoms with E-state index in [2.05, 4.69) is 13.8 Å². The van der Waals surface area contributed by atoms with Gasteiger partial charge in [-0.1, -0.05) is 44.2 Å². The van der Waals surface area contributed by atoms with Gasteiger partial charge in [0.05, 0.1) is 4.90 Å². The van der Waals surface area contributed by atoms with E-state index in [0.717, 1.165) is 10.9 Å². The zero-order valence-electron chi connectivity index (χ0n) is 9.64. The minimum absolute atomic E-state index is 0.180. The fourth-order valence-electron chi connectivity index (χ4n) is 2.02. The van der Waals surface area contributed by atoms with Crippen LogP contribution in [0.15, 0.2) is 41.3 Å². The highest BCUT2D eigenvalue weighted by atomic mass is 35.7. The molecule has 0 bridgehead atoms. The predicted molar refractivity (Wildman–Crippen MR) is 71.1 cm³/mol. The minimum atomic E-state index is -3.70. The molecule has 0 aliphatic heterocycles. The van der Waals surface area contributed by atoms with Crippen LogP contribution < -0.4 is 0 Å². The number of hydrogen-bond acceptors (Lipinski definition) is 2. The van der Waals surface area contributed by atoms with E-state index in [0.29, 0.717) is 11.3 Å². The van der Waals surface area contributed by atoms with Gasteiger partial charge < -0.3 is 0 Å². The Morgan fingerprint density at radius 3 is 2.18 bits per heavy atom. The lowest BCUT2D eigenvalue weighted by molar-refractivity contribution is 0.610. The van der Waals surface area contributed by atoms with Crippen molar-refractivity contribution < 1.29 is 8.42 Å². The van der Waals surface area contributed by atoms with Gasteiger partial charge in [0.15, 0.2) is 0 Å². The van der Waals surface area contributed by atoms with Crippen molar-refractivity contribution in [3.63, 3.8) is 0 Å². The van der Waals surface area contributed by atoms with Crippen molar-refractivity contribution in [3.05, 3.63) is 42.0 Å². The molecule has 2 nitrogen and oxygen atoms in total. The summed E-state index contributed by atoms with van der Waals surface area (Å²) in [5.74, 6) is 0.340. The molecule has 0 atom stereocenters. The molecule has 2 aromatic carbocycles. The standard InChI is InChI=1S/C13H13ClO2S/c1-9(2)10-5-3-7-12-11(10)6-4-8-13(12)17(14,15)16/h3-9H,1-2H3. The van der Waals surface area contributed by atoms with Crippen LogP contribution in [0.4, 0.5) is 0 Å². The third-order valence-electron chi connectivity index (χ3n) is 2.80. The van der Waals surface area contributed by atoms with E-state index in [-0.39, 0.29) is 4.90 Å². The molecule has 0 radical (unpaired) electrons. The van der Waals surface area contributed by atoms with Crippen molar-refractivity contribution in [1.82, 2.24) is 0 Å². The number of hydrogen-bond donors (Lipinski definition) is 0. The molecule has 0 saturated carbocycles. The van der Waals surface area contributed by atoms with Gasteiger partial charge in [0.1, 0.15) is 0 Å². The Labute approximate surface area is 106 Å². The van der Waals surface area contributed by atoms with Gasteiger partial charge in [-0.05, 0) is 22.9 Å². The van der Waals surface area contributed by atoms with Gasteiger partial charge in [-0.15, -0.1) is 0 Å². The van der Waals surface area contributed by atoms with Crippen LogP contribution in [-0.4, -0.2) is 8.42 Å². The molecule has 0 fully saturated rings. The SMILES string of the molecule is CC(C)c1cccc2c(S(=O)(=O)Cl)cccc12. The Kier molecular flexibility index (Phi) is 3.15. The maximum absolute atomic E-state index is 11.5. The molecule has 0 saturated heterocycles. The molecule has 0 heterocycles. The summed E-state index contributed by atoms with van der Waals surface area (Å²) < 4.78 is 23.0. The van der Waals surface area contributed by atoms with Gasteiger partial charge in [-0.2, -0.15) is 0 Å². The van der Waals surface area contributed by atoms with E-state index >= 15 is 0 Å². The van der Waals surface area contributed by atoms with Gasteiger partial charge in [-0.25, -0.2) is 8.42 Å². The molecule has 4 heteroatoms. The van der Waals surface area contributed by atoms with Crippen molar-refractivity contribution in [2.75, 3.05) is 0 Å². The minimum Gasteiger partial charge on any atom is -0.207 e. The lowest BCUT2D eigenvalue weighted by Crippen LogP contribution is -1.95. The van der Waals surface area contributed by atoms with E-state index in [4.69, 9.17) is 10.7 Å². The number of rotatable bonds is 2. The molecule has 0 N–H and O–H groups in total. The molecule has 0 aliphatic carbocycles. The van der Waals surface area contributed by atoms with Gasteiger partial charge in [0.25, 0.3) is 9.05 Å². The maximum atomic E-state index is 11.5. The van der Waals surface area contributed by atoms with Crippen molar-refractivity contribution in [3.8, 4) is 0 Å². The largest absolute Gasteiger partial charge is 0.261 e. The Morgan fingerprint density at radius 1 is 1.00 bits per heavy atom. The fraction of sp³-hybridized carbons (Fsp3) is 0.231. The highest BCUT2D eigenvalue weighted by Gasteiger charge is 2.15. The Bertz CT molecular complexity index is 660. The average molecular weight is 269 g/mol. The molecular weight excluding hydrogens is 256 g/mol. The fourth-order valence-corrected chi connectivity index (χ4v) is 3.11. The first-order valence-corrected chi connectivity index (χ1v) is 7.68. The number of fused-ring (bicyclic) bond motifs is 1. The summed E-state index contributed by atoms with van der Waals surface area (Å²) >= 11 is 0. The highest BCUT2D eigenvalue weighted by Crippen LogP contribution is 2.30. The van der Waals surface area contributed by atoms with Gasteiger partial charge >= 0.3 is 0 Å². The van der Waals surface area contributed by atoms with Gasteiger partial charge in [-0.3, -0.25) is 0 Å². The molecule has 0 aliphatic rings. The zero-order valence-corrected chi connectivity index (χ0v) is 11.2. The van der Waals surface area contributed by atoms with Crippen LogP contribution in [0.2, 0.25) is 0 Å². The van der Waals surface area contributed by atoms with E-state index in [1.54, 1.807) is 12.1 Å². The monoisotopic (exact) mass is 268 g/mol. The molecule has 0 unspecified atom stereocenters. The first kappa shape index (κ1) is 12.4. The molecule has 0 aromatic heterocycles. The first-order chi connectivity index (χ1) is 7.91. The second-order valence-electron chi connectivity index (χ2n) is 4.29. The lowest BCUT2D eigenvalue weighted by Gasteiger charge is -2.11. The first-order valence-electron chi connectivity index (χ1n) is 5.37. The predicted octanol–water partition coefficient (Wildman–Crippen LogP) is 3.89. The smallest absolute Gasteiger partial charge is 0.207 e. The summed E-state index contributed by atoms with van der Waals surface area (Å²) in [5, 5.41) is 1.64. The summed E-state index contributed by atoms with van der Waals surface area (Å²) in [7, 11) is 1.74. The molecular formula is C13H13ClO2S. The third-order valence-corrected chi connectivity index (χ3v) is 4.18. The summed E-state index contributed by atoms with van der Waals surface area (Å²) in [5.41, 5.74) is 1.13. The molecule has 2 aromatic rings. The summed E-state index contributed by atoms with van der Waals surface area (Å²) in [6.45, 7) is 4.16. The molecule has 17 heavy (non-hydrogen) atoms. The Hall–Kier alpha value is -1.06. The Morgan fingerprint density at radius 2 is 1.59 bits per heavy atom. The number of halogens is 1. The van der Waals surface area contributed by atoms with Crippen LogP contribution in [0.25, 0.3) is 10.8 Å². The molecule has 0 amide bonds. The summed E-state index contributed by atoms with van der Waals surface area (Å²) in [4.78, 5) is 0.180. The van der Waals surface area contributed by atoms with E-state index < -0.39 is 9.05 Å². The van der Waals surface area contributed by atoms with Gasteiger partial charge in [0.2, 0.25) is 0 Å². The topological polar surface area (TPSA) is 34.1 Å². The normalized spacial score (nSPS) is 12.2. The van der Waals surface area contributed by atoms with Crippen molar-refractivity contribution in [2.45, 2.75) is 24.7 Å². The van der Waals surface area contributed by atoms with Crippen molar-refractivity contribution in [1.29, 1.82) is 0 Å². The summed E-state index contributed by atoms with van der Waals surface area (Å²) in [6.07, 6.45) is 0. The van der Waals surface area contributed by atoms with Crippen molar-refractivity contribution in [2.24, 2.45) is 0 Å². The lowest BCUT2D eigenvalue weighted by atomic mass is 9.96. The van der Waals surface area contributed by atoms with Crippen molar-refractivity contribution >= 4 is 30.5 Å². The highest BCUT2D eigenvalue weighted by molar-refractivity contribution is 8.14. The molecule has 0 spiro atoms. The van der Waals surface area contributed by atoms with E-state index in [1.165, 1.54) is 6.07 Å². The van der Waals surface area contributed by atoms with Crippen LogP contribution in [0.1, 0.15) is 25.3 Å². The molecule has 90 valence electrons. The van der Waals surface area contributed by atoms with Crippen LogP contribution >= 0.6 is 10.7 Å². The van der Waals surface area contributed by atoms with Crippen LogP contribution in [0.5, 0.6) is 0 Å². The van der Waals surface area contributed by atoms with Gasteiger partial charge in [0, 0.05) is 16.1 Å². The second kappa shape index (κ2) is 4.31. The number of benzene rings is 2. The van der Waals surface area contributed by atoms with E-state index in [1.807, 2.05) is 18.2 Å². The maximum Gasteiger partial charge on any atom is 0.261 e. The zero-order chi connectivity index (χ0) is 12.6. The van der Waals surface area contributed by atoms with Crippen LogP contribution in [0, 0.1) is 0 Å². The third kappa shape index (κ3) is 2.31. The Balaban J connectivity index is 2.89. The second-order valence-corrected chi connectivity index (χ2v) is 6.83. The van der Waals surface area contributed by atoms with E-state index in [9.17, 15) is 8.42 Å². The summed E-state index contributed by atoms with van der Waals surface area (Å²) in [6, 6.07) is 10.9.